The topological polar surface area (TPSA) is 49.4 Å². The molecule has 0 fully saturated rings. The summed E-state index contributed by atoms with van der Waals surface area (Å²) in [6.45, 7) is 1.94. The van der Waals surface area contributed by atoms with E-state index in [4.69, 9.17) is 0 Å². The number of hydrogen-bond acceptors (Lipinski definition) is 3. The first-order valence-electron chi connectivity index (χ1n) is 9.24. The van der Waals surface area contributed by atoms with Crippen LogP contribution in [0, 0.1) is 6.92 Å². The number of likely N-dealkylation sites (N-methyl/N-ethyl adjacent to an activating group) is 1. The summed E-state index contributed by atoms with van der Waals surface area (Å²) in [6.07, 6.45) is 0. The summed E-state index contributed by atoms with van der Waals surface area (Å²) in [7, 11) is 0.245. The Bertz CT molecular complexity index is 986. The maximum Gasteiger partial charge on any atom is 0.241 e. The molecule has 0 aromatic heterocycles. The van der Waals surface area contributed by atoms with Crippen molar-refractivity contribution in [1.29, 1.82) is 0 Å². The van der Waals surface area contributed by atoms with Crippen LogP contribution in [-0.2, 0) is 10.0 Å². The third-order valence-electron chi connectivity index (χ3n) is 4.79. The van der Waals surface area contributed by atoms with Gasteiger partial charge < -0.3 is 4.90 Å². The highest BCUT2D eigenvalue weighted by Crippen LogP contribution is 2.34. The molecule has 3 aromatic rings. The summed E-state index contributed by atoms with van der Waals surface area (Å²) in [5, 5.41) is 0. The van der Waals surface area contributed by atoms with Crippen LogP contribution in [0.5, 0.6) is 0 Å². The Kier molecular flexibility index (Phi) is 6.29. The fourth-order valence-corrected chi connectivity index (χ4v) is 4.60. The van der Waals surface area contributed by atoms with Crippen molar-refractivity contribution in [3.8, 4) is 0 Å². The summed E-state index contributed by atoms with van der Waals surface area (Å²) < 4.78 is 29.3. The largest absolute Gasteiger partial charge is 0.301 e. The zero-order valence-corrected chi connectivity index (χ0v) is 17.2. The maximum atomic E-state index is 13.2. The molecule has 0 radical (unpaired) electrons. The van der Waals surface area contributed by atoms with Gasteiger partial charge in [0.05, 0.1) is 17.0 Å². The van der Waals surface area contributed by atoms with Crippen molar-refractivity contribution in [2.75, 3.05) is 14.1 Å². The monoisotopic (exact) mass is 394 g/mol. The molecule has 0 bridgehead atoms. The predicted octanol–water partition coefficient (Wildman–Crippen LogP) is 4.32. The van der Waals surface area contributed by atoms with Gasteiger partial charge in [0.25, 0.3) is 0 Å². The fraction of sp³-hybridized carbons (Fsp3) is 0.217. The Labute approximate surface area is 167 Å². The van der Waals surface area contributed by atoms with Crippen LogP contribution in [0.15, 0.2) is 89.8 Å². The molecule has 4 nitrogen and oxygen atoms in total. The van der Waals surface area contributed by atoms with E-state index < -0.39 is 16.1 Å². The number of aryl methyl sites for hydroxylation is 1. The van der Waals surface area contributed by atoms with Gasteiger partial charge in [0.1, 0.15) is 0 Å². The zero-order valence-electron chi connectivity index (χ0n) is 16.4. The highest BCUT2D eigenvalue weighted by atomic mass is 32.2. The van der Waals surface area contributed by atoms with E-state index in [0.717, 1.165) is 16.7 Å². The van der Waals surface area contributed by atoms with Gasteiger partial charge in [0, 0.05) is 0 Å². The Morgan fingerprint density at radius 3 is 1.75 bits per heavy atom. The lowest BCUT2D eigenvalue weighted by Crippen LogP contribution is -2.38. The summed E-state index contributed by atoms with van der Waals surface area (Å²) >= 11 is 0. The average molecular weight is 395 g/mol. The number of nitrogens with one attached hydrogen (secondary N) is 1. The molecule has 3 rings (SSSR count). The van der Waals surface area contributed by atoms with Gasteiger partial charge >= 0.3 is 0 Å². The minimum Gasteiger partial charge on any atom is -0.301 e. The molecular formula is C23H26N2O2S. The van der Waals surface area contributed by atoms with Crippen molar-refractivity contribution in [1.82, 2.24) is 9.62 Å². The lowest BCUT2D eigenvalue weighted by Gasteiger charge is -2.33. The third kappa shape index (κ3) is 4.68. The molecule has 0 amide bonds. The van der Waals surface area contributed by atoms with Gasteiger partial charge in [-0.2, -0.15) is 0 Å². The maximum absolute atomic E-state index is 13.2. The lowest BCUT2D eigenvalue weighted by atomic mass is 9.93. The number of sulfonamides is 1. The van der Waals surface area contributed by atoms with Crippen LogP contribution in [0.4, 0.5) is 0 Å². The van der Waals surface area contributed by atoms with E-state index in [1.54, 1.807) is 12.1 Å². The second-order valence-electron chi connectivity index (χ2n) is 7.14. The van der Waals surface area contributed by atoms with E-state index in [1.165, 1.54) is 0 Å². The zero-order chi connectivity index (χ0) is 20.1. The van der Waals surface area contributed by atoms with Crippen molar-refractivity contribution in [2.45, 2.75) is 23.9 Å². The van der Waals surface area contributed by atoms with Crippen molar-refractivity contribution in [3.63, 3.8) is 0 Å². The number of rotatable bonds is 7. The van der Waals surface area contributed by atoms with Gasteiger partial charge in [-0.15, -0.1) is 0 Å². The number of benzene rings is 3. The highest BCUT2D eigenvalue weighted by molar-refractivity contribution is 7.89. The quantitative estimate of drug-likeness (QED) is 0.649. The summed E-state index contributed by atoms with van der Waals surface area (Å²) in [5.74, 6) is 0. The van der Waals surface area contributed by atoms with Gasteiger partial charge in [0.2, 0.25) is 10.0 Å². The van der Waals surface area contributed by atoms with Crippen molar-refractivity contribution in [2.24, 2.45) is 0 Å². The molecule has 2 atom stereocenters. The molecule has 2 unspecified atom stereocenters. The van der Waals surface area contributed by atoms with Gasteiger partial charge in [-0.1, -0.05) is 78.4 Å². The molecule has 0 saturated carbocycles. The van der Waals surface area contributed by atoms with Gasteiger partial charge in [-0.25, -0.2) is 13.1 Å². The van der Waals surface area contributed by atoms with Crippen molar-refractivity contribution < 1.29 is 8.42 Å². The molecule has 3 aromatic carbocycles. The van der Waals surface area contributed by atoms with Crippen LogP contribution in [0.3, 0.4) is 0 Å². The van der Waals surface area contributed by atoms with E-state index >= 15 is 0 Å². The second-order valence-corrected chi connectivity index (χ2v) is 8.86. The van der Waals surface area contributed by atoms with Gasteiger partial charge in [-0.3, -0.25) is 0 Å². The van der Waals surface area contributed by atoms with Gasteiger partial charge in [0.15, 0.2) is 0 Å². The van der Waals surface area contributed by atoms with Crippen LogP contribution >= 0.6 is 0 Å². The van der Waals surface area contributed by atoms with E-state index in [9.17, 15) is 8.42 Å². The Morgan fingerprint density at radius 2 is 1.25 bits per heavy atom. The molecule has 146 valence electrons. The third-order valence-corrected chi connectivity index (χ3v) is 6.24. The molecule has 0 saturated heterocycles. The van der Waals surface area contributed by atoms with Crippen LogP contribution in [0.2, 0.25) is 0 Å². The number of hydrogen-bond donors (Lipinski definition) is 1. The Balaban J connectivity index is 2.06. The van der Waals surface area contributed by atoms with E-state index in [0.29, 0.717) is 0 Å². The second kappa shape index (κ2) is 8.69. The van der Waals surface area contributed by atoms with Crippen LogP contribution < -0.4 is 4.72 Å². The SMILES string of the molecule is Cc1ccc(S(=O)(=O)NC(c2ccccc2)C(c2ccccc2)N(C)C)cc1. The first-order chi connectivity index (χ1) is 13.4. The number of nitrogens with zero attached hydrogens (tertiary/aromatic N) is 1. The Morgan fingerprint density at radius 1 is 0.750 bits per heavy atom. The fourth-order valence-electron chi connectivity index (χ4n) is 3.37. The van der Waals surface area contributed by atoms with E-state index in [1.807, 2.05) is 98.7 Å². The van der Waals surface area contributed by atoms with Crippen molar-refractivity contribution >= 4 is 10.0 Å². The van der Waals surface area contributed by atoms with Crippen LogP contribution in [0.25, 0.3) is 0 Å². The molecule has 0 aliphatic heterocycles. The minimum absolute atomic E-state index is 0.163. The first-order valence-corrected chi connectivity index (χ1v) is 10.7. The van der Waals surface area contributed by atoms with Crippen LogP contribution in [0.1, 0.15) is 28.8 Å². The summed E-state index contributed by atoms with van der Waals surface area (Å²) in [4.78, 5) is 2.31. The standard InChI is InChI=1S/C23H26N2O2S/c1-18-14-16-21(17-15-18)28(26,27)24-22(19-10-6-4-7-11-19)23(25(2)3)20-12-8-5-9-13-20/h4-17,22-24H,1-3H3. The highest BCUT2D eigenvalue weighted by Gasteiger charge is 2.31. The predicted molar refractivity (Wildman–Crippen MR) is 114 cm³/mol. The van der Waals surface area contributed by atoms with E-state index in [-0.39, 0.29) is 10.9 Å². The molecule has 28 heavy (non-hydrogen) atoms. The molecular weight excluding hydrogens is 368 g/mol. The van der Waals surface area contributed by atoms with E-state index in [2.05, 4.69) is 4.72 Å². The lowest BCUT2D eigenvalue weighted by molar-refractivity contribution is 0.248. The smallest absolute Gasteiger partial charge is 0.241 e. The normalized spacial score (nSPS) is 14.0. The average Bonchev–Trinajstić information content (AvgIpc) is 2.69. The molecule has 0 aliphatic rings. The van der Waals surface area contributed by atoms with Crippen LogP contribution in [-0.4, -0.2) is 27.4 Å². The molecule has 5 heteroatoms. The first kappa shape index (κ1) is 20.3. The molecule has 0 spiro atoms. The molecule has 0 heterocycles. The Hall–Kier alpha value is -2.47. The summed E-state index contributed by atoms with van der Waals surface area (Å²) in [5.41, 5.74) is 2.99. The summed E-state index contributed by atoms with van der Waals surface area (Å²) in [6, 6.07) is 26.0. The van der Waals surface area contributed by atoms with Crippen molar-refractivity contribution in [3.05, 3.63) is 102 Å². The van der Waals surface area contributed by atoms with Gasteiger partial charge in [-0.05, 0) is 44.3 Å². The molecule has 0 aliphatic carbocycles. The minimum atomic E-state index is -3.69. The molecule has 1 N–H and O–H groups in total.